The van der Waals surface area contributed by atoms with Crippen molar-refractivity contribution in [2.75, 3.05) is 11.9 Å². The Hall–Kier alpha value is -1.51. The lowest BCUT2D eigenvalue weighted by Gasteiger charge is -2.36. The molecule has 0 bridgehead atoms. The molecule has 0 unspecified atom stereocenters. The third-order valence-corrected chi connectivity index (χ3v) is 4.76. The van der Waals surface area contributed by atoms with Gasteiger partial charge in [-0.3, -0.25) is 4.79 Å². The molecule has 1 fully saturated rings. The Bertz CT molecular complexity index is 479. The Morgan fingerprint density at radius 1 is 1.14 bits per heavy atom. The molecule has 122 valence electrons. The first-order valence-corrected chi connectivity index (χ1v) is 8.44. The van der Waals surface area contributed by atoms with Crippen LogP contribution in [-0.4, -0.2) is 12.5 Å². The van der Waals surface area contributed by atoms with Crippen LogP contribution >= 0.6 is 0 Å². The van der Waals surface area contributed by atoms with Crippen LogP contribution in [0.5, 0.6) is 5.75 Å². The molecular formula is C19H29NO2. The van der Waals surface area contributed by atoms with Crippen LogP contribution in [-0.2, 0) is 4.79 Å². The molecule has 2 rings (SSSR count). The van der Waals surface area contributed by atoms with Crippen molar-refractivity contribution in [2.24, 2.45) is 17.3 Å². The highest BCUT2D eigenvalue weighted by Gasteiger charge is 2.32. The van der Waals surface area contributed by atoms with Crippen LogP contribution in [0, 0.1) is 17.3 Å². The maximum atomic E-state index is 12.4. The Labute approximate surface area is 134 Å². The van der Waals surface area contributed by atoms with Crippen molar-refractivity contribution < 1.29 is 9.53 Å². The van der Waals surface area contributed by atoms with Crippen molar-refractivity contribution in [3.05, 3.63) is 24.3 Å². The largest absolute Gasteiger partial charge is 0.494 e. The molecule has 1 aromatic carbocycles. The summed E-state index contributed by atoms with van der Waals surface area (Å²) in [7, 11) is 0. The molecule has 0 aromatic heterocycles. The first-order chi connectivity index (χ1) is 10.4. The van der Waals surface area contributed by atoms with Crippen molar-refractivity contribution in [1.82, 2.24) is 0 Å². The van der Waals surface area contributed by atoms with Crippen LogP contribution in [0.3, 0.4) is 0 Å². The fourth-order valence-corrected chi connectivity index (χ4v) is 3.27. The summed E-state index contributed by atoms with van der Waals surface area (Å²) in [6, 6.07) is 7.61. The fraction of sp³-hybridized carbons (Fsp3) is 0.632. The summed E-state index contributed by atoms with van der Waals surface area (Å²) in [4.78, 5) is 12.4. The minimum absolute atomic E-state index is 0.158. The lowest BCUT2D eigenvalue weighted by molar-refractivity contribution is -0.121. The molecule has 0 radical (unpaired) electrons. The van der Waals surface area contributed by atoms with Crippen molar-refractivity contribution in [1.29, 1.82) is 0 Å². The van der Waals surface area contributed by atoms with Gasteiger partial charge < -0.3 is 10.1 Å². The van der Waals surface area contributed by atoms with E-state index in [1.807, 2.05) is 31.2 Å². The zero-order valence-corrected chi connectivity index (χ0v) is 14.3. The molecule has 0 atom stereocenters. The number of ether oxygens (including phenoxy) is 1. The minimum Gasteiger partial charge on any atom is -0.494 e. The van der Waals surface area contributed by atoms with Gasteiger partial charge in [0.05, 0.1) is 6.61 Å². The van der Waals surface area contributed by atoms with E-state index in [1.165, 1.54) is 0 Å². The van der Waals surface area contributed by atoms with E-state index in [0.717, 1.165) is 43.0 Å². The Morgan fingerprint density at radius 3 is 2.23 bits per heavy atom. The number of hydrogen-bond donors (Lipinski definition) is 1. The molecule has 0 heterocycles. The van der Waals surface area contributed by atoms with Gasteiger partial charge in [0.25, 0.3) is 0 Å². The molecule has 3 nitrogen and oxygen atoms in total. The lowest BCUT2D eigenvalue weighted by Crippen LogP contribution is -2.31. The normalized spacial score (nSPS) is 22.2. The highest BCUT2D eigenvalue weighted by Crippen LogP contribution is 2.40. The standard InChI is InChI=1S/C19H29NO2/c1-5-22-17-12-10-16(11-13-17)20-18(21)14-6-8-15(9-7-14)19(2,3)4/h10-15H,5-9H2,1-4H3,(H,20,21). The summed E-state index contributed by atoms with van der Waals surface area (Å²) < 4.78 is 5.41. The highest BCUT2D eigenvalue weighted by atomic mass is 16.5. The van der Waals surface area contributed by atoms with E-state index in [2.05, 4.69) is 26.1 Å². The van der Waals surface area contributed by atoms with Crippen LogP contribution in [0.25, 0.3) is 0 Å². The van der Waals surface area contributed by atoms with Crippen LogP contribution in [0.4, 0.5) is 5.69 Å². The summed E-state index contributed by atoms with van der Waals surface area (Å²) in [5.74, 6) is 1.90. The van der Waals surface area contributed by atoms with E-state index in [9.17, 15) is 4.79 Å². The summed E-state index contributed by atoms with van der Waals surface area (Å²) in [5, 5.41) is 3.04. The van der Waals surface area contributed by atoms with Crippen molar-refractivity contribution in [2.45, 2.75) is 53.4 Å². The second-order valence-corrected chi connectivity index (χ2v) is 7.36. The van der Waals surface area contributed by atoms with E-state index < -0.39 is 0 Å². The number of carbonyl (C=O) groups excluding carboxylic acids is 1. The van der Waals surface area contributed by atoms with Crippen LogP contribution < -0.4 is 10.1 Å². The van der Waals surface area contributed by atoms with Crippen molar-refractivity contribution in [3.8, 4) is 5.75 Å². The first-order valence-electron chi connectivity index (χ1n) is 8.44. The van der Waals surface area contributed by atoms with Crippen molar-refractivity contribution >= 4 is 11.6 Å². The molecule has 1 saturated carbocycles. The SMILES string of the molecule is CCOc1ccc(NC(=O)C2CCC(C(C)(C)C)CC2)cc1. The predicted molar refractivity (Wildman–Crippen MR) is 91.1 cm³/mol. The van der Waals surface area contributed by atoms with E-state index in [4.69, 9.17) is 4.74 Å². The van der Waals surface area contributed by atoms with Gasteiger partial charge in [0.2, 0.25) is 5.91 Å². The van der Waals surface area contributed by atoms with Gasteiger partial charge in [0.15, 0.2) is 0 Å². The van der Waals surface area contributed by atoms with E-state index >= 15 is 0 Å². The third-order valence-electron chi connectivity index (χ3n) is 4.76. The Balaban J connectivity index is 1.85. The van der Waals surface area contributed by atoms with Crippen LogP contribution in [0.1, 0.15) is 53.4 Å². The van der Waals surface area contributed by atoms with Gasteiger partial charge in [-0.15, -0.1) is 0 Å². The summed E-state index contributed by atoms with van der Waals surface area (Å²) in [6.45, 7) is 9.53. The number of carbonyl (C=O) groups is 1. The third kappa shape index (κ3) is 4.49. The summed E-state index contributed by atoms with van der Waals surface area (Å²) in [6.07, 6.45) is 4.32. The summed E-state index contributed by atoms with van der Waals surface area (Å²) >= 11 is 0. The quantitative estimate of drug-likeness (QED) is 0.861. The molecule has 1 N–H and O–H groups in total. The smallest absolute Gasteiger partial charge is 0.227 e. The Morgan fingerprint density at radius 2 is 1.73 bits per heavy atom. The molecular weight excluding hydrogens is 274 g/mol. The van der Waals surface area contributed by atoms with Crippen LogP contribution in [0.2, 0.25) is 0 Å². The van der Waals surface area contributed by atoms with Gasteiger partial charge in [0.1, 0.15) is 5.75 Å². The van der Waals surface area contributed by atoms with Gasteiger partial charge >= 0.3 is 0 Å². The molecule has 0 spiro atoms. The topological polar surface area (TPSA) is 38.3 Å². The maximum absolute atomic E-state index is 12.4. The van der Waals surface area contributed by atoms with Crippen LogP contribution in [0.15, 0.2) is 24.3 Å². The van der Waals surface area contributed by atoms with Gasteiger partial charge in [-0.25, -0.2) is 0 Å². The summed E-state index contributed by atoms with van der Waals surface area (Å²) in [5.41, 5.74) is 1.21. The zero-order chi connectivity index (χ0) is 16.2. The lowest BCUT2D eigenvalue weighted by atomic mass is 9.69. The molecule has 3 heteroatoms. The number of benzene rings is 1. The predicted octanol–water partition coefficient (Wildman–Crippen LogP) is 4.88. The molecule has 0 aliphatic heterocycles. The molecule has 0 saturated heterocycles. The number of amides is 1. The number of nitrogens with one attached hydrogen (secondary N) is 1. The van der Waals surface area contributed by atoms with E-state index in [1.54, 1.807) is 0 Å². The zero-order valence-electron chi connectivity index (χ0n) is 14.3. The second-order valence-electron chi connectivity index (χ2n) is 7.36. The number of hydrogen-bond acceptors (Lipinski definition) is 2. The van der Waals surface area contributed by atoms with Gasteiger partial charge in [-0.05, 0) is 68.2 Å². The van der Waals surface area contributed by atoms with E-state index in [-0.39, 0.29) is 11.8 Å². The fourth-order valence-electron chi connectivity index (χ4n) is 3.27. The Kier molecular flexibility index (Phi) is 5.49. The second kappa shape index (κ2) is 7.17. The monoisotopic (exact) mass is 303 g/mol. The molecule has 1 aliphatic carbocycles. The number of anilines is 1. The maximum Gasteiger partial charge on any atom is 0.227 e. The average molecular weight is 303 g/mol. The first kappa shape index (κ1) is 16.9. The van der Waals surface area contributed by atoms with Gasteiger partial charge in [-0.2, -0.15) is 0 Å². The molecule has 1 aromatic rings. The van der Waals surface area contributed by atoms with Crippen molar-refractivity contribution in [3.63, 3.8) is 0 Å². The average Bonchev–Trinajstić information content (AvgIpc) is 2.49. The van der Waals surface area contributed by atoms with Gasteiger partial charge in [0, 0.05) is 11.6 Å². The van der Waals surface area contributed by atoms with Gasteiger partial charge in [-0.1, -0.05) is 20.8 Å². The number of rotatable bonds is 4. The minimum atomic E-state index is 0.158. The molecule has 1 amide bonds. The highest BCUT2D eigenvalue weighted by molar-refractivity contribution is 5.92. The molecule has 1 aliphatic rings. The molecule has 22 heavy (non-hydrogen) atoms. The van der Waals surface area contributed by atoms with E-state index in [0.29, 0.717) is 12.0 Å².